The number of rotatable bonds is 6. The van der Waals surface area contributed by atoms with Crippen molar-refractivity contribution in [3.05, 3.63) is 89.9 Å². The highest BCUT2D eigenvalue weighted by atomic mass is 16.3. The van der Waals surface area contributed by atoms with E-state index in [1.165, 1.54) is 0 Å². The summed E-state index contributed by atoms with van der Waals surface area (Å²) in [6.45, 7) is 0.956. The molecular weight excluding hydrogens is 302 g/mol. The Hall–Kier alpha value is -3.01. The van der Waals surface area contributed by atoms with E-state index in [2.05, 4.69) is 0 Å². The molecule has 0 radical (unpaired) electrons. The van der Waals surface area contributed by atoms with E-state index in [0.717, 1.165) is 16.9 Å². The smallest absolute Gasteiger partial charge is 0.227 e. The normalized spacial score (nSPS) is 10.5. The van der Waals surface area contributed by atoms with Gasteiger partial charge in [0.15, 0.2) is 0 Å². The Morgan fingerprint density at radius 3 is 2.29 bits per heavy atom. The Labute approximate surface area is 141 Å². The van der Waals surface area contributed by atoms with Crippen molar-refractivity contribution in [2.75, 3.05) is 0 Å². The standard InChI is InChI=1S/C20H19NO3/c22-18-10-8-16(9-11-18)13-20(23)21(15-19-7-4-12-24-19)14-17-5-2-1-3-6-17/h1-12,22H,13-15H2. The van der Waals surface area contributed by atoms with Crippen LogP contribution in [-0.2, 0) is 24.3 Å². The molecular formula is C20H19NO3. The summed E-state index contributed by atoms with van der Waals surface area (Å²) in [6.07, 6.45) is 1.90. The number of nitrogens with zero attached hydrogens (tertiary/aromatic N) is 1. The van der Waals surface area contributed by atoms with Gasteiger partial charge in [-0.1, -0.05) is 42.5 Å². The predicted octanol–water partition coefficient (Wildman–Crippen LogP) is 3.76. The number of benzene rings is 2. The number of hydrogen-bond acceptors (Lipinski definition) is 3. The fourth-order valence-electron chi connectivity index (χ4n) is 2.53. The predicted molar refractivity (Wildman–Crippen MR) is 91.2 cm³/mol. The number of amides is 1. The molecule has 0 saturated carbocycles. The third kappa shape index (κ3) is 4.26. The molecule has 122 valence electrons. The maximum absolute atomic E-state index is 12.7. The zero-order chi connectivity index (χ0) is 16.8. The van der Waals surface area contributed by atoms with Gasteiger partial charge in [-0.25, -0.2) is 0 Å². The van der Waals surface area contributed by atoms with Gasteiger partial charge in [-0.05, 0) is 35.4 Å². The number of aromatic hydroxyl groups is 1. The zero-order valence-electron chi connectivity index (χ0n) is 13.3. The van der Waals surface area contributed by atoms with Crippen LogP contribution in [0.2, 0.25) is 0 Å². The summed E-state index contributed by atoms with van der Waals surface area (Å²) in [5.74, 6) is 0.967. The van der Waals surface area contributed by atoms with Crippen molar-refractivity contribution >= 4 is 5.91 Å². The molecule has 0 aliphatic heterocycles. The summed E-state index contributed by atoms with van der Waals surface area (Å²) in [5, 5.41) is 9.36. The first-order chi connectivity index (χ1) is 11.7. The molecule has 3 rings (SSSR count). The second-order valence-electron chi connectivity index (χ2n) is 5.66. The van der Waals surface area contributed by atoms with E-state index < -0.39 is 0 Å². The van der Waals surface area contributed by atoms with Crippen molar-refractivity contribution in [1.82, 2.24) is 4.90 Å². The van der Waals surface area contributed by atoms with Gasteiger partial charge in [0.05, 0.1) is 19.2 Å². The third-order valence-electron chi connectivity index (χ3n) is 3.79. The molecule has 0 aliphatic carbocycles. The molecule has 4 nitrogen and oxygen atoms in total. The monoisotopic (exact) mass is 321 g/mol. The van der Waals surface area contributed by atoms with E-state index in [1.807, 2.05) is 42.5 Å². The molecule has 3 aromatic rings. The van der Waals surface area contributed by atoms with E-state index >= 15 is 0 Å². The van der Waals surface area contributed by atoms with Gasteiger partial charge in [-0.2, -0.15) is 0 Å². The number of carbonyl (C=O) groups excluding carboxylic acids is 1. The Morgan fingerprint density at radius 2 is 1.62 bits per heavy atom. The van der Waals surface area contributed by atoms with Crippen LogP contribution in [-0.4, -0.2) is 15.9 Å². The fraction of sp³-hybridized carbons (Fsp3) is 0.150. The molecule has 0 atom stereocenters. The molecule has 0 spiro atoms. The summed E-state index contributed by atoms with van der Waals surface area (Å²) in [7, 11) is 0. The van der Waals surface area contributed by atoms with Crippen LogP contribution in [0.3, 0.4) is 0 Å². The molecule has 1 amide bonds. The molecule has 0 fully saturated rings. The largest absolute Gasteiger partial charge is 0.508 e. The average Bonchev–Trinajstić information content (AvgIpc) is 3.10. The van der Waals surface area contributed by atoms with Gasteiger partial charge >= 0.3 is 0 Å². The van der Waals surface area contributed by atoms with Crippen LogP contribution in [0.4, 0.5) is 0 Å². The van der Waals surface area contributed by atoms with Crippen molar-refractivity contribution in [3.8, 4) is 5.75 Å². The molecule has 0 saturated heterocycles. The Bertz CT molecular complexity index is 764. The van der Waals surface area contributed by atoms with E-state index in [9.17, 15) is 9.90 Å². The highest BCUT2D eigenvalue weighted by molar-refractivity contribution is 5.78. The van der Waals surface area contributed by atoms with Crippen LogP contribution in [0.25, 0.3) is 0 Å². The van der Waals surface area contributed by atoms with Crippen molar-refractivity contribution in [3.63, 3.8) is 0 Å². The van der Waals surface area contributed by atoms with Crippen molar-refractivity contribution in [2.24, 2.45) is 0 Å². The number of phenolic OH excluding ortho intramolecular Hbond substituents is 1. The quantitative estimate of drug-likeness (QED) is 0.752. The number of carbonyl (C=O) groups is 1. The first-order valence-corrected chi connectivity index (χ1v) is 7.83. The Balaban J connectivity index is 1.74. The van der Waals surface area contributed by atoms with Gasteiger partial charge in [-0.15, -0.1) is 0 Å². The molecule has 1 N–H and O–H groups in total. The fourth-order valence-corrected chi connectivity index (χ4v) is 2.53. The Kier molecular flexibility index (Phi) is 4.96. The molecule has 0 unspecified atom stereocenters. The molecule has 0 bridgehead atoms. The van der Waals surface area contributed by atoms with E-state index in [1.54, 1.807) is 35.4 Å². The maximum atomic E-state index is 12.7. The van der Waals surface area contributed by atoms with Crippen LogP contribution in [0.1, 0.15) is 16.9 Å². The maximum Gasteiger partial charge on any atom is 0.227 e. The van der Waals surface area contributed by atoms with E-state index in [0.29, 0.717) is 13.1 Å². The van der Waals surface area contributed by atoms with E-state index in [-0.39, 0.29) is 18.1 Å². The molecule has 24 heavy (non-hydrogen) atoms. The molecule has 1 aromatic heterocycles. The summed E-state index contributed by atoms with van der Waals surface area (Å²) in [5.41, 5.74) is 1.94. The topological polar surface area (TPSA) is 53.7 Å². The third-order valence-corrected chi connectivity index (χ3v) is 3.79. The average molecular weight is 321 g/mol. The summed E-state index contributed by atoms with van der Waals surface area (Å²) in [6, 6.07) is 20.3. The number of hydrogen-bond donors (Lipinski definition) is 1. The number of furan rings is 1. The van der Waals surface area contributed by atoms with Crippen LogP contribution < -0.4 is 0 Å². The highest BCUT2D eigenvalue weighted by Gasteiger charge is 2.16. The van der Waals surface area contributed by atoms with Crippen molar-refractivity contribution < 1.29 is 14.3 Å². The van der Waals surface area contributed by atoms with Crippen LogP contribution >= 0.6 is 0 Å². The van der Waals surface area contributed by atoms with Crippen LogP contribution in [0.15, 0.2) is 77.4 Å². The van der Waals surface area contributed by atoms with Crippen LogP contribution in [0.5, 0.6) is 5.75 Å². The highest BCUT2D eigenvalue weighted by Crippen LogP contribution is 2.15. The number of phenols is 1. The SMILES string of the molecule is O=C(Cc1ccc(O)cc1)N(Cc1ccccc1)Cc1ccco1. The van der Waals surface area contributed by atoms with E-state index in [4.69, 9.17) is 4.42 Å². The van der Waals surface area contributed by atoms with Gasteiger partial charge in [0.1, 0.15) is 11.5 Å². The van der Waals surface area contributed by atoms with Gasteiger partial charge in [-0.3, -0.25) is 4.79 Å². The molecule has 4 heteroatoms. The zero-order valence-corrected chi connectivity index (χ0v) is 13.3. The summed E-state index contributed by atoms with van der Waals surface area (Å²) in [4.78, 5) is 14.5. The van der Waals surface area contributed by atoms with Crippen molar-refractivity contribution in [1.29, 1.82) is 0 Å². The van der Waals surface area contributed by atoms with Gasteiger partial charge in [0.2, 0.25) is 5.91 Å². The lowest BCUT2D eigenvalue weighted by Gasteiger charge is -2.22. The lowest BCUT2D eigenvalue weighted by molar-refractivity contribution is -0.132. The lowest BCUT2D eigenvalue weighted by atomic mass is 10.1. The van der Waals surface area contributed by atoms with Gasteiger partial charge in [0.25, 0.3) is 0 Å². The Morgan fingerprint density at radius 1 is 0.875 bits per heavy atom. The summed E-state index contributed by atoms with van der Waals surface area (Å²) < 4.78 is 5.39. The lowest BCUT2D eigenvalue weighted by Crippen LogP contribution is -2.31. The molecule has 2 aromatic carbocycles. The van der Waals surface area contributed by atoms with Gasteiger partial charge < -0.3 is 14.4 Å². The minimum absolute atomic E-state index is 0.0148. The molecule has 0 aliphatic rings. The second-order valence-corrected chi connectivity index (χ2v) is 5.66. The summed E-state index contributed by atoms with van der Waals surface area (Å²) >= 11 is 0. The van der Waals surface area contributed by atoms with Gasteiger partial charge in [0, 0.05) is 6.54 Å². The minimum Gasteiger partial charge on any atom is -0.508 e. The van der Waals surface area contributed by atoms with Crippen molar-refractivity contribution in [2.45, 2.75) is 19.5 Å². The minimum atomic E-state index is 0.0148. The molecule has 1 heterocycles. The van der Waals surface area contributed by atoms with Crippen LogP contribution in [0, 0.1) is 0 Å². The first kappa shape index (κ1) is 15.9. The first-order valence-electron chi connectivity index (χ1n) is 7.83. The second kappa shape index (κ2) is 7.51.